The summed E-state index contributed by atoms with van der Waals surface area (Å²) < 4.78 is 0. The zero-order valence-electron chi connectivity index (χ0n) is 12.6. The van der Waals surface area contributed by atoms with Crippen LogP contribution in [-0.2, 0) is 6.54 Å². The molecule has 6 heteroatoms. The minimum Gasteiger partial charge on any atom is -0.361 e. The zero-order valence-corrected chi connectivity index (χ0v) is 12.6. The Morgan fingerprint density at radius 1 is 1.04 bits per heavy atom. The highest BCUT2D eigenvalue weighted by molar-refractivity contribution is 5.96. The van der Waals surface area contributed by atoms with Crippen molar-refractivity contribution in [1.82, 2.24) is 20.6 Å². The van der Waals surface area contributed by atoms with E-state index in [0.717, 1.165) is 16.5 Å². The molecular weight excluding hydrogens is 292 g/mol. The molecule has 0 saturated heterocycles. The largest absolute Gasteiger partial charge is 0.361 e. The standard InChI is InChI=1S/C17H16N4O2/c1-18-16(22)14-7-4-8-15(21-14)17(23)20-10-11-9-19-13-6-3-2-5-12(11)13/h2-9,19H,10H2,1H3,(H,18,22)(H,20,23). The van der Waals surface area contributed by atoms with Crippen molar-refractivity contribution in [3.8, 4) is 0 Å². The lowest BCUT2D eigenvalue weighted by Crippen LogP contribution is -2.25. The zero-order chi connectivity index (χ0) is 16.2. The molecule has 2 heterocycles. The summed E-state index contributed by atoms with van der Waals surface area (Å²) in [4.78, 5) is 31.0. The summed E-state index contributed by atoms with van der Waals surface area (Å²) in [5.74, 6) is -0.641. The first-order chi connectivity index (χ1) is 11.2. The molecule has 0 fully saturated rings. The lowest BCUT2D eigenvalue weighted by Gasteiger charge is -2.05. The SMILES string of the molecule is CNC(=O)c1cccc(C(=O)NCc2c[nH]c3ccccc23)n1. The number of rotatable bonds is 4. The summed E-state index contributed by atoms with van der Waals surface area (Å²) in [5.41, 5.74) is 2.45. The number of H-pyrrole nitrogens is 1. The van der Waals surface area contributed by atoms with Gasteiger partial charge in [0, 0.05) is 30.7 Å². The van der Waals surface area contributed by atoms with Gasteiger partial charge in [0.25, 0.3) is 11.8 Å². The fraction of sp³-hybridized carbons (Fsp3) is 0.118. The van der Waals surface area contributed by atoms with Gasteiger partial charge in [-0.2, -0.15) is 0 Å². The molecule has 3 aromatic rings. The molecular formula is C17H16N4O2. The Bertz CT molecular complexity index is 870. The fourth-order valence-electron chi connectivity index (χ4n) is 2.36. The second-order valence-electron chi connectivity index (χ2n) is 5.03. The van der Waals surface area contributed by atoms with Crippen LogP contribution in [0.4, 0.5) is 0 Å². The van der Waals surface area contributed by atoms with Crippen molar-refractivity contribution in [3.05, 3.63) is 65.6 Å². The Labute approximate surface area is 132 Å². The van der Waals surface area contributed by atoms with E-state index >= 15 is 0 Å². The Morgan fingerprint density at radius 3 is 2.57 bits per heavy atom. The van der Waals surface area contributed by atoms with Gasteiger partial charge in [0.1, 0.15) is 11.4 Å². The molecule has 116 valence electrons. The van der Waals surface area contributed by atoms with Crippen LogP contribution >= 0.6 is 0 Å². The van der Waals surface area contributed by atoms with Crippen molar-refractivity contribution >= 4 is 22.7 Å². The van der Waals surface area contributed by atoms with Crippen molar-refractivity contribution in [2.45, 2.75) is 6.54 Å². The summed E-state index contributed by atoms with van der Waals surface area (Å²) in [7, 11) is 1.52. The molecule has 3 rings (SSSR count). The van der Waals surface area contributed by atoms with Crippen LogP contribution in [0.1, 0.15) is 26.5 Å². The van der Waals surface area contributed by atoms with E-state index in [2.05, 4.69) is 20.6 Å². The summed E-state index contributed by atoms with van der Waals surface area (Å²) >= 11 is 0. The summed E-state index contributed by atoms with van der Waals surface area (Å²) in [5, 5.41) is 6.38. The van der Waals surface area contributed by atoms with E-state index in [0.29, 0.717) is 6.54 Å². The first kappa shape index (κ1) is 14.8. The number of hydrogen-bond donors (Lipinski definition) is 3. The molecule has 0 saturated carbocycles. The van der Waals surface area contributed by atoms with Crippen LogP contribution in [0.5, 0.6) is 0 Å². The van der Waals surface area contributed by atoms with Crippen LogP contribution in [0.15, 0.2) is 48.7 Å². The number of carbonyl (C=O) groups excluding carboxylic acids is 2. The maximum Gasteiger partial charge on any atom is 0.270 e. The molecule has 0 aliphatic carbocycles. The second kappa shape index (κ2) is 6.31. The lowest BCUT2D eigenvalue weighted by atomic mass is 10.2. The Balaban J connectivity index is 1.73. The number of nitrogens with zero attached hydrogens (tertiary/aromatic N) is 1. The van der Waals surface area contributed by atoms with Gasteiger partial charge in [-0.05, 0) is 23.8 Å². The topological polar surface area (TPSA) is 86.9 Å². The highest BCUT2D eigenvalue weighted by Crippen LogP contribution is 2.17. The third-order valence-electron chi connectivity index (χ3n) is 3.56. The maximum absolute atomic E-state index is 12.2. The van der Waals surface area contributed by atoms with Gasteiger partial charge in [-0.25, -0.2) is 4.98 Å². The molecule has 0 bridgehead atoms. The van der Waals surface area contributed by atoms with Crippen LogP contribution in [0.25, 0.3) is 10.9 Å². The third-order valence-corrected chi connectivity index (χ3v) is 3.56. The molecule has 0 aliphatic rings. The fourth-order valence-corrected chi connectivity index (χ4v) is 2.36. The lowest BCUT2D eigenvalue weighted by molar-refractivity contribution is 0.0944. The predicted molar refractivity (Wildman–Crippen MR) is 87.1 cm³/mol. The summed E-state index contributed by atoms with van der Waals surface area (Å²) in [6.45, 7) is 0.384. The molecule has 1 aromatic carbocycles. The second-order valence-corrected chi connectivity index (χ2v) is 5.03. The average Bonchev–Trinajstić information content (AvgIpc) is 3.02. The number of fused-ring (bicyclic) bond motifs is 1. The maximum atomic E-state index is 12.2. The molecule has 0 unspecified atom stereocenters. The van der Waals surface area contributed by atoms with Gasteiger partial charge in [-0.1, -0.05) is 24.3 Å². The van der Waals surface area contributed by atoms with E-state index in [9.17, 15) is 9.59 Å². The molecule has 0 radical (unpaired) electrons. The van der Waals surface area contributed by atoms with Gasteiger partial charge in [0.05, 0.1) is 0 Å². The molecule has 0 aliphatic heterocycles. The minimum absolute atomic E-state index is 0.214. The first-order valence-corrected chi connectivity index (χ1v) is 7.21. The van der Waals surface area contributed by atoms with Gasteiger partial charge in [-0.3, -0.25) is 9.59 Å². The summed E-state index contributed by atoms with van der Waals surface area (Å²) in [6.07, 6.45) is 1.87. The van der Waals surface area contributed by atoms with Crippen LogP contribution < -0.4 is 10.6 Å². The van der Waals surface area contributed by atoms with Crippen molar-refractivity contribution in [1.29, 1.82) is 0 Å². The van der Waals surface area contributed by atoms with E-state index in [1.54, 1.807) is 18.2 Å². The third kappa shape index (κ3) is 3.06. The Hall–Kier alpha value is -3.15. The number of carbonyl (C=O) groups is 2. The van der Waals surface area contributed by atoms with Crippen LogP contribution in [0.2, 0.25) is 0 Å². The smallest absolute Gasteiger partial charge is 0.270 e. The number of hydrogen-bond acceptors (Lipinski definition) is 3. The van der Waals surface area contributed by atoms with Gasteiger partial charge in [-0.15, -0.1) is 0 Å². The molecule has 2 aromatic heterocycles. The van der Waals surface area contributed by atoms with E-state index in [1.807, 2.05) is 30.5 Å². The predicted octanol–water partition coefficient (Wildman–Crippen LogP) is 1.85. The molecule has 6 nitrogen and oxygen atoms in total. The van der Waals surface area contributed by atoms with Crippen LogP contribution in [0.3, 0.4) is 0 Å². The van der Waals surface area contributed by atoms with Gasteiger partial charge in [0.2, 0.25) is 0 Å². The Morgan fingerprint density at radius 2 is 1.78 bits per heavy atom. The average molecular weight is 308 g/mol. The van der Waals surface area contributed by atoms with Crippen molar-refractivity contribution < 1.29 is 9.59 Å². The molecule has 23 heavy (non-hydrogen) atoms. The molecule has 3 N–H and O–H groups in total. The molecule has 2 amide bonds. The van der Waals surface area contributed by atoms with Crippen LogP contribution in [0, 0.1) is 0 Å². The van der Waals surface area contributed by atoms with Crippen molar-refractivity contribution in [3.63, 3.8) is 0 Å². The monoisotopic (exact) mass is 308 g/mol. The number of pyridine rings is 1. The van der Waals surface area contributed by atoms with E-state index in [-0.39, 0.29) is 23.2 Å². The van der Waals surface area contributed by atoms with E-state index in [4.69, 9.17) is 0 Å². The Kier molecular flexibility index (Phi) is 4.05. The van der Waals surface area contributed by atoms with Crippen LogP contribution in [-0.4, -0.2) is 28.8 Å². The van der Waals surface area contributed by atoms with Crippen molar-refractivity contribution in [2.75, 3.05) is 7.05 Å². The highest BCUT2D eigenvalue weighted by atomic mass is 16.2. The molecule has 0 spiro atoms. The number of benzene rings is 1. The quantitative estimate of drug-likeness (QED) is 0.687. The van der Waals surface area contributed by atoms with E-state index < -0.39 is 0 Å². The number of nitrogens with one attached hydrogen (secondary N) is 3. The number of aromatic nitrogens is 2. The van der Waals surface area contributed by atoms with Gasteiger partial charge < -0.3 is 15.6 Å². The normalized spacial score (nSPS) is 10.5. The van der Waals surface area contributed by atoms with Gasteiger partial charge >= 0.3 is 0 Å². The van der Waals surface area contributed by atoms with Crippen molar-refractivity contribution in [2.24, 2.45) is 0 Å². The number of para-hydroxylation sites is 1. The molecule has 0 atom stereocenters. The number of amides is 2. The van der Waals surface area contributed by atoms with E-state index in [1.165, 1.54) is 7.05 Å². The first-order valence-electron chi connectivity index (χ1n) is 7.21. The minimum atomic E-state index is -0.323. The highest BCUT2D eigenvalue weighted by Gasteiger charge is 2.12. The van der Waals surface area contributed by atoms with Gasteiger partial charge in [0.15, 0.2) is 0 Å². The summed E-state index contributed by atoms with van der Waals surface area (Å²) in [6, 6.07) is 12.7. The number of aromatic amines is 1.